The quantitative estimate of drug-likeness (QED) is 0.597. The predicted octanol–water partition coefficient (Wildman–Crippen LogP) is 2.27. The van der Waals surface area contributed by atoms with Crippen LogP contribution in [0.1, 0.15) is 43.0 Å². The van der Waals surface area contributed by atoms with Crippen molar-refractivity contribution in [2.45, 2.75) is 44.4 Å². The van der Waals surface area contributed by atoms with Gasteiger partial charge in [0.1, 0.15) is 11.8 Å². The van der Waals surface area contributed by atoms with E-state index in [1.54, 1.807) is 17.0 Å². The molecule has 158 valence electrons. The van der Waals surface area contributed by atoms with Crippen molar-refractivity contribution in [3.05, 3.63) is 42.0 Å². The van der Waals surface area contributed by atoms with Gasteiger partial charge in [-0.05, 0) is 36.8 Å². The zero-order valence-corrected chi connectivity index (χ0v) is 17.2. The highest BCUT2D eigenvalue weighted by Crippen LogP contribution is 2.59. The van der Waals surface area contributed by atoms with Crippen molar-refractivity contribution < 1.29 is 23.9 Å². The molecule has 1 spiro atoms. The summed E-state index contributed by atoms with van der Waals surface area (Å²) in [5.74, 6) is -0.122. The molecular weight excluding hydrogens is 384 g/mol. The molecule has 3 aliphatic carbocycles. The van der Waals surface area contributed by atoms with Gasteiger partial charge in [0.25, 0.3) is 5.91 Å². The second-order valence-electron chi connectivity index (χ2n) is 9.18. The van der Waals surface area contributed by atoms with Crippen molar-refractivity contribution in [2.24, 2.45) is 17.3 Å². The first-order valence-corrected chi connectivity index (χ1v) is 10.5. The van der Waals surface area contributed by atoms with Gasteiger partial charge in [-0.2, -0.15) is 0 Å². The third-order valence-electron chi connectivity index (χ3n) is 7.48. The molecule has 6 rings (SSSR count). The van der Waals surface area contributed by atoms with Gasteiger partial charge in [-0.1, -0.05) is 31.2 Å². The van der Waals surface area contributed by atoms with Crippen molar-refractivity contribution in [2.75, 3.05) is 13.7 Å². The third-order valence-corrected chi connectivity index (χ3v) is 7.48. The number of nitrogens with zero attached hydrogens (tertiary/aromatic N) is 1. The fourth-order valence-electron chi connectivity index (χ4n) is 5.91. The first-order chi connectivity index (χ1) is 14.4. The average Bonchev–Trinajstić information content (AvgIpc) is 3.22. The number of hydrogen-bond acceptors (Lipinski definition) is 5. The molecule has 0 saturated heterocycles. The maximum atomic E-state index is 13.5. The molecule has 30 heavy (non-hydrogen) atoms. The van der Waals surface area contributed by atoms with Crippen LogP contribution in [0.4, 0.5) is 0 Å². The Morgan fingerprint density at radius 3 is 2.87 bits per heavy atom. The minimum absolute atomic E-state index is 0.0139. The van der Waals surface area contributed by atoms with Crippen molar-refractivity contribution in [1.82, 2.24) is 10.2 Å². The molecule has 3 fully saturated rings. The second-order valence-corrected chi connectivity index (χ2v) is 9.18. The van der Waals surface area contributed by atoms with E-state index < -0.39 is 17.7 Å². The molecule has 2 bridgehead atoms. The van der Waals surface area contributed by atoms with Crippen LogP contribution in [-0.4, -0.2) is 48.1 Å². The van der Waals surface area contributed by atoms with E-state index in [1.165, 1.54) is 7.11 Å². The standard InChI is InChI=1S/C23H26N2O5/c1-22-10-9-14(12-16(22)20(27)25-11-5-7-17(25)21(28)29-2)23(13-22)24-19(26)15-6-3-4-8-18(15)30-23/h3-8,14,16-17H,9-13H2,1-2H3,(H,24,26)/t14-,16-,17-,22-,23+/m1/s1. The summed E-state index contributed by atoms with van der Waals surface area (Å²) >= 11 is 0. The first kappa shape index (κ1) is 19.2. The highest BCUT2D eigenvalue weighted by atomic mass is 16.5. The molecule has 1 aromatic carbocycles. The molecule has 1 aromatic rings. The number of ether oxygens (including phenoxy) is 2. The number of fused-ring (bicyclic) bond motifs is 3. The number of rotatable bonds is 2. The molecule has 2 aliphatic heterocycles. The Bertz CT molecular complexity index is 959. The van der Waals surface area contributed by atoms with E-state index in [0.29, 0.717) is 30.7 Å². The maximum absolute atomic E-state index is 13.5. The zero-order chi connectivity index (χ0) is 21.1. The zero-order valence-electron chi connectivity index (χ0n) is 17.2. The number of benzene rings is 1. The molecule has 0 unspecified atom stereocenters. The molecule has 2 amide bonds. The summed E-state index contributed by atoms with van der Waals surface area (Å²) < 4.78 is 11.3. The normalized spacial score (nSPS) is 36.3. The number of methoxy groups -OCH3 is 1. The van der Waals surface area contributed by atoms with Crippen LogP contribution >= 0.6 is 0 Å². The smallest absolute Gasteiger partial charge is 0.332 e. The first-order valence-electron chi connectivity index (χ1n) is 10.5. The van der Waals surface area contributed by atoms with Crippen LogP contribution in [0.25, 0.3) is 0 Å². The Labute approximate surface area is 175 Å². The Hall–Kier alpha value is -2.83. The van der Waals surface area contributed by atoms with E-state index >= 15 is 0 Å². The number of esters is 1. The van der Waals surface area contributed by atoms with Crippen molar-refractivity contribution in [1.29, 1.82) is 0 Å². The van der Waals surface area contributed by atoms with Crippen LogP contribution in [-0.2, 0) is 14.3 Å². The van der Waals surface area contributed by atoms with Crippen molar-refractivity contribution in [3.63, 3.8) is 0 Å². The van der Waals surface area contributed by atoms with Gasteiger partial charge in [0.2, 0.25) is 5.91 Å². The topological polar surface area (TPSA) is 84.9 Å². The Morgan fingerprint density at radius 1 is 1.30 bits per heavy atom. The number of carbonyl (C=O) groups excluding carboxylic acids is 3. The van der Waals surface area contributed by atoms with E-state index in [-0.39, 0.29) is 29.1 Å². The molecule has 2 heterocycles. The van der Waals surface area contributed by atoms with Gasteiger partial charge in [0.15, 0.2) is 5.72 Å². The van der Waals surface area contributed by atoms with Crippen LogP contribution in [0.5, 0.6) is 5.75 Å². The van der Waals surface area contributed by atoms with Gasteiger partial charge in [-0.15, -0.1) is 0 Å². The van der Waals surface area contributed by atoms with E-state index in [1.807, 2.05) is 24.3 Å². The minimum atomic E-state index is -0.778. The summed E-state index contributed by atoms with van der Waals surface area (Å²) in [6.45, 7) is 2.53. The van der Waals surface area contributed by atoms with Gasteiger partial charge in [-0.3, -0.25) is 9.59 Å². The average molecular weight is 410 g/mol. The van der Waals surface area contributed by atoms with E-state index in [0.717, 1.165) is 12.8 Å². The molecule has 3 saturated carbocycles. The molecular formula is C23H26N2O5. The number of nitrogens with one attached hydrogen (secondary N) is 1. The van der Waals surface area contributed by atoms with Crippen LogP contribution in [0.2, 0.25) is 0 Å². The highest BCUT2D eigenvalue weighted by molar-refractivity contribution is 5.98. The SMILES string of the molecule is COC(=O)[C@H]1C=CCN1C(=O)[C@H]1C[C@H]2CC[C@]1(C)C[C@@]21NC(=O)c2ccccc2O1. The minimum Gasteiger partial charge on any atom is -0.467 e. The summed E-state index contributed by atoms with van der Waals surface area (Å²) in [6.07, 6.45) is 6.55. The summed E-state index contributed by atoms with van der Waals surface area (Å²) in [5.41, 5.74) is -0.555. The third kappa shape index (κ3) is 2.67. The molecule has 7 heteroatoms. The van der Waals surface area contributed by atoms with Gasteiger partial charge in [0.05, 0.1) is 12.7 Å². The monoisotopic (exact) mass is 410 g/mol. The molecule has 5 atom stereocenters. The number of amides is 2. The molecule has 1 N–H and O–H groups in total. The van der Waals surface area contributed by atoms with Gasteiger partial charge in [-0.25, -0.2) is 4.79 Å². The molecule has 7 nitrogen and oxygen atoms in total. The Kier molecular flexibility index (Phi) is 4.21. The highest BCUT2D eigenvalue weighted by Gasteiger charge is 2.62. The lowest BCUT2D eigenvalue weighted by Gasteiger charge is -2.60. The molecule has 0 aromatic heterocycles. The lowest BCUT2D eigenvalue weighted by atomic mass is 9.52. The fraction of sp³-hybridized carbons (Fsp3) is 0.522. The molecule has 5 aliphatic rings. The van der Waals surface area contributed by atoms with Gasteiger partial charge < -0.3 is 19.7 Å². The van der Waals surface area contributed by atoms with Crippen LogP contribution in [0.15, 0.2) is 36.4 Å². The summed E-state index contributed by atoms with van der Waals surface area (Å²) in [5, 5.41) is 3.14. The van der Waals surface area contributed by atoms with Gasteiger partial charge in [0, 0.05) is 24.8 Å². The number of hydrogen-bond donors (Lipinski definition) is 1. The predicted molar refractivity (Wildman–Crippen MR) is 107 cm³/mol. The van der Waals surface area contributed by atoms with Crippen LogP contribution < -0.4 is 10.1 Å². The number of para-hydroxylation sites is 1. The van der Waals surface area contributed by atoms with Crippen molar-refractivity contribution >= 4 is 17.8 Å². The van der Waals surface area contributed by atoms with Gasteiger partial charge >= 0.3 is 5.97 Å². The Balaban J connectivity index is 1.41. The number of carbonyl (C=O) groups is 3. The Morgan fingerprint density at radius 2 is 2.10 bits per heavy atom. The molecule has 0 radical (unpaired) electrons. The van der Waals surface area contributed by atoms with Crippen molar-refractivity contribution in [3.8, 4) is 5.75 Å². The van der Waals surface area contributed by atoms with Crippen LogP contribution in [0, 0.1) is 17.3 Å². The lowest BCUT2D eigenvalue weighted by Crippen LogP contribution is -2.69. The summed E-state index contributed by atoms with van der Waals surface area (Å²) in [6, 6.07) is 6.64. The fourth-order valence-corrected chi connectivity index (χ4v) is 5.91. The van der Waals surface area contributed by atoms with Crippen LogP contribution in [0.3, 0.4) is 0 Å². The second kappa shape index (κ2) is 6.59. The lowest BCUT2D eigenvalue weighted by molar-refractivity contribution is -0.176. The summed E-state index contributed by atoms with van der Waals surface area (Å²) in [4.78, 5) is 40.0. The summed E-state index contributed by atoms with van der Waals surface area (Å²) in [7, 11) is 1.34. The van der Waals surface area contributed by atoms with E-state index in [2.05, 4.69) is 12.2 Å². The van der Waals surface area contributed by atoms with E-state index in [4.69, 9.17) is 9.47 Å². The van der Waals surface area contributed by atoms with E-state index in [9.17, 15) is 14.4 Å². The largest absolute Gasteiger partial charge is 0.467 e. The maximum Gasteiger partial charge on any atom is 0.332 e.